The van der Waals surface area contributed by atoms with Crippen molar-refractivity contribution in [1.82, 2.24) is 4.98 Å². The molecule has 0 aliphatic heterocycles. The van der Waals surface area contributed by atoms with Gasteiger partial charge in [-0.2, -0.15) is 0 Å². The van der Waals surface area contributed by atoms with Gasteiger partial charge < -0.3 is 4.98 Å². The highest BCUT2D eigenvalue weighted by Crippen LogP contribution is 2.32. The van der Waals surface area contributed by atoms with Gasteiger partial charge in [0.25, 0.3) is 0 Å². The lowest BCUT2D eigenvalue weighted by Crippen LogP contribution is -1.77. The number of hydrogen-bond donors (Lipinski definition) is 1. The number of hydrogen-bond acceptors (Lipinski definition) is 0. The molecule has 2 aromatic carbocycles. The van der Waals surface area contributed by atoms with Gasteiger partial charge in [0.15, 0.2) is 0 Å². The lowest BCUT2D eigenvalue weighted by Gasteiger charge is -1.95. The second-order valence-corrected chi connectivity index (χ2v) is 4.34. The Morgan fingerprint density at radius 1 is 1.12 bits per heavy atom. The van der Waals surface area contributed by atoms with E-state index in [9.17, 15) is 4.39 Å². The van der Waals surface area contributed by atoms with Crippen LogP contribution >= 0.6 is 11.6 Å². The number of rotatable bonds is 0. The van der Waals surface area contributed by atoms with Gasteiger partial charge in [-0.05, 0) is 31.2 Å². The van der Waals surface area contributed by atoms with E-state index in [-0.39, 0.29) is 5.02 Å². The molecule has 0 fully saturated rings. The Kier molecular flexibility index (Phi) is 1.95. The van der Waals surface area contributed by atoms with Crippen molar-refractivity contribution in [3.8, 4) is 0 Å². The quantitative estimate of drug-likeness (QED) is 0.592. The number of benzene rings is 2. The van der Waals surface area contributed by atoms with Gasteiger partial charge in [0.2, 0.25) is 0 Å². The van der Waals surface area contributed by atoms with E-state index in [0.29, 0.717) is 5.52 Å². The average molecular weight is 234 g/mol. The number of aromatic nitrogens is 1. The zero-order valence-corrected chi connectivity index (χ0v) is 9.40. The molecule has 16 heavy (non-hydrogen) atoms. The number of nitrogens with one attached hydrogen (secondary N) is 1. The lowest BCUT2D eigenvalue weighted by atomic mass is 10.1. The van der Waals surface area contributed by atoms with Crippen molar-refractivity contribution >= 4 is 33.4 Å². The minimum atomic E-state index is -0.391. The molecule has 80 valence electrons. The van der Waals surface area contributed by atoms with Crippen LogP contribution in [0.15, 0.2) is 30.3 Å². The van der Waals surface area contributed by atoms with Crippen LogP contribution in [0.1, 0.15) is 5.56 Å². The maximum Gasteiger partial charge on any atom is 0.143 e. The first kappa shape index (κ1) is 9.67. The predicted molar refractivity (Wildman–Crippen MR) is 65.5 cm³/mol. The summed E-state index contributed by atoms with van der Waals surface area (Å²) in [5.74, 6) is -0.391. The van der Waals surface area contributed by atoms with Crippen LogP contribution in [-0.4, -0.2) is 4.98 Å². The molecule has 0 atom stereocenters. The molecule has 0 spiro atoms. The van der Waals surface area contributed by atoms with E-state index in [1.54, 1.807) is 6.07 Å². The third-order valence-electron chi connectivity index (χ3n) is 2.82. The van der Waals surface area contributed by atoms with Gasteiger partial charge in [0, 0.05) is 16.3 Å². The Morgan fingerprint density at radius 2 is 1.94 bits per heavy atom. The van der Waals surface area contributed by atoms with Crippen LogP contribution in [-0.2, 0) is 0 Å². The summed E-state index contributed by atoms with van der Waals surface area (Å²) in [6, 6.07) is 9.23. The molecule has 3 heteroatoms. The van der Waals surface area contributed by atoms with Crippen LogP contribution in [0.3, 0.4) is 0 Å². The van der Waals surface area contributed by atoms with Crippen molar-refractivity contribution in [2.45, 2.75) is 6.92 Å². The van der Waals surface area contributed by atoms with Crippen molar-refractivity contribution in [3.05, 3.63) is 46.7 Å². The maximum absolute atomic E-state index is 13.3. The molecular formula is C13H9ClFN. The zero-order valence-electron chi connectivity index (χ0n) is 8.64. The van der Waals surface area contributed by atoms with Crippen molar-refractivity contribution in [2.75, 3.05) is 0 Å². The van der Waals surface area contributed by atoms with Crippen LogP contribution < -0.4 is 0 Å². The topological polar surface area (TPSA) is 15.8 Å². The fraction of sp³-hybridized carbons (Fsp3) is 0.0769. The van der Waals surface area contributed by atoms with Crippen LogP contribution in [0.25, 0.3) is 21.8 Å². The van der Waals surface area contributed by atoms with E-state index in [0.717, 1.165) is 16.3 Å². The molecule has 0 unspecified atom stereocenters. The normalized spacial score (nSPS) is 11.4. The van der Waals surface area contributed by atoms with Gasteiger partial charge in [0.1, 0.15) is 10.8 Å². The van der Waals surface area contributed by atoms with E-state index in [4.69, 9.17) is 11.6 Å². The third kappa shape index (κ3) is 1.23. The molecule has 0 radical (unpaired) electrons. The summed E-state index contributed by atoms with van der Waals surface area (Å²) in [4.78, 5) is 3.14. The maximum atomic E-state index is 13.3. The Balaban J connectivity index is 2.56. The molecule has 0 saturated heterocycles. The molecule has 0 aliphatic carbocycles. The smallest absolute Gasteiger partial charge is 0.143 e. The van der Waals surface area contributed by atoms with Gasteiger partial charge in [-0.1, -0.05) is 23.2 Å². The Morgan fingerprint density at radius 3 is 2.75 bits per heavy atom. The standard InChI is InChI=1S/C13H9ClFN/c1-7-2-5-11-9(6-7)8-3-4-10(15)12(14)13(8)16-11/h2-6,16H,1H3. The first-order valence-corrected chi connectivity index (χ1v) is 5.40. The third-order valence-corrected chi connectivity index (χ3v) is 3.19. The van der Waals surface area contributed by atoms with Crippen LogP contribution in [0.5, 0.6) is 0 Å². The molecule has 0 bridgehead atoms. The summed E-state index contributed by atoms with van der Waals surface area (Å²) < 4.78 is 13.3. The molecule has 3 rings (SSSR count). The van der Waals surface area contributed by atoms with Crippen molar-refractivity contribution in [3.63, 3.8) is 0 Å². The molecule has 3 aromatic rings. The largest absolute Gasteiger partial charge is 0.353 e. The second-order valence-electron chi connectivity index (χ2n) is 3.96. The molecule has 1 heterocycles. The Bertz CT molecular complexity index is 700. The molecule has 1 N–H and O–H groups in total. The number of fused-ring (bicyclic) bond motifs is 3. The molecule has 0 saturated carbocycles. The number of halogens is 2. The van der Waals surface area contributed by atoms with Crippen molar-refractivity contribution in [2.24, 2.45) is 0 Å². The highest BCUT2D eigenvalue weighted by Gasteiger charge is 2.10. The summed E-state index contributed by atoms with van der Waals surface area (Å²) >= 11 is 5.93. The molecule has 0 amide bonds. The highest BCUT2D eigenvalue weighted by atomic mass is 35.5. The Labute approximate surface area is 96.8 Å². The van der Waals surface area contributed by atoms with Crippen LogP contribution in [0, 0.1) is 12.7 Å². The van der Waals surface area contributed by atoms with Crippen LogP contribution in [0.4, 0.5) is 4.39 Å². The molecule has 1 nitrogen and oxygen atoms in total. The predicted octanol–water partition coefficient (Wildman–Crippen LogP) is 4.42. The molecule has 0 aliphatic rings. The lowest BCUT2D eigenvalue weighted by molar-refractivity contribution is 0.630. The van der Waals surface area contributed by atoms with Gasteiger partial charge in [0.05, 0.1) is 5.52 Å². The summed E-state index contributed by atoms with van der Waals surface area (Å²) in [5.41, 5.74) is 2.82. The van der Waals surface area contributed by atoms with E-state index in [1.165, 1.54) is 11.6 Å². The van der Waals surface area contributed by atoms with Gasteiger partial charge in [-0.3, -0.25) is 0 Å². The fourth-order valence-electron chi connectivity index (χ4n) is 2.02. The number of H-pyrrole nitrogens is 1. The van der Waals surface area contributed by atoms with E-state index in [2.05, 4.69) is 11.1 Å². The Hall–Kier alpha value is -1.54. The van der Waals surface area contributed by atoms with Crippen molar-refractivity contribution in [1.29, 1.82) is 0 Å². The van der Waals surface area contributed by atoms with Crippen LogP contribution in [0.2, 0.25) is 5.02 Å². The number of aryl methyl sites for hydroxylation is 1. The SMILES string of the molecule is Cc1ccc2[nH]c3c(Cl)c(F)ccc3c2c1. The average Bonchev–Trinajstić information content (AvgIpc) is 2.62. The van der Waals surface area contributed by atoms with E-state index in [1.807, 2.05) is 19.1 Å². The summed E-state index contributed by atoms with van der Waals surface area (Å²) in [7, 11) is 0. The molecular weight excluding hydrogens is 225 g/mol. The number of aromatic amines is 1. The fourth-order valence-corrected chi connectivity index (χ4v) is 2.23. The van der Waals surface area contributed by atoms with Gasteiger partial charge in [-0.15, -0.1) is 0 Å². The monoisotopic (exact) mass is 233 g/mol. The van der Waals surface area contributed by atoms with Gasteiger partial charge in [-0.25, -0.2) is 4.39 Å². The van der Waals surface area contributed by atoms with E-state index < -0.39 is 5.82 Å². The first-order valence-electron chi connectivity index (χ1n) is 5.03. The summed E-state index contributed by atoms with van der Waals surface area (Å²) in [6.45, 7) is 2.03. The van der Waals surface area contributed by atoms with Crippen molar-refractivity contribution < 1.29 is 4.39 Å². The minimum Gasteiger partial charge on any atom is -0.353 e. The van der Waals surface area contributed by atoms with E-state index >= 15 is 0 Å². The summed E-state index contributed by atoms with van der Waals surface area (Å²) in [5, 5.41) is 2.20. The highest BCUT2D eigenvalue weighted by molar-refractivity contribution is 6.36. The first-order chi connectivity index (χ1) is 7.66. The van der Waals surface area contributed by atoms with Gasteiger partial charge >= 0.3 is 0 Å². The summed E-state index contributed by atoms with van der Waals surface area (Å²) in [6.07, 6.45) is 0. The second kappa shape index (κ2) is 3.22. The molecule has 1 aromatic heterocycles. The minimum absolute atomic E-state index is 0.159. The zero-order chi connectivity index (χ0) is 11.3.